The summed E-state index contributed by atoms with van der Waals surface area (Å²) in [5.41, 5.74) is 12.1. The van der Waals surface area contributed by atoms with Gasteiger partial charge in [-0.2, -0.15) is 0 Å². The van der Waals surface area contributed by atoms with Gasteiger partial charge < -0.3 is 11.1 Å². The van der Waals surface area contributed by atoms with E-state index in [0.717, 1.165) is 12.8 Å². The average Bonchev–Trinajstić information content (AvgIpc) is 3.00. The number of benzene rings is 1. The van der Waals surface area contributed by atoms with Crippen molar-refractivity contribution in [1.29, 1.82) is 0 Å². The Hall–Kier alpha value is -0.860. The van der Waals surface area contributed by atoms with Gasteiger partial charge in [0.25, 0.3) is 0 Å². The van der Waals surface area contributed by atoms with E-state index in [1.807, 2.05) is 7.05 Å². The molecule has 1 aliphatic carbocycles. The molecular weight excluding hydrogens is 232 g/mol. The number of nitrogens with two attached hydrogens (primary N) is 1. The van der Waals surface area contributed by atoms with Crippen LogP contribution in [0.3, 0.4) is 0 Å². The normalized spacial score (nSPS) is 19.3. The molecule has 1 fully saturated rings. The molecule has 1 aliphatic rings. The number of rotatable bonds is 3. The van der Waals surface area contributed by atoms with Gasteiger partial charge in [0.15, 0.2) is 0 Å². The van der Waals surface area contributed by atoms with Crippen LogP contribution in [0, 0.1) is 13.8 Å². The lowest BCUT2D eigenvalue weighted by Crippen LogP contribution is -2.39. The first-order valence-corrected chi connectivity index (χ1v) is 7.27. The van der Waals surface area contributed by atoms with Crippen molar-refractivity contribution in [2.24, 2.45) is 5.73 Å². The van der Waals surface area contributed by atoms with Crippen LogP contribution in [0.1, 0.15) is 61.9 Å². The Morgan fingerprint density at radius 1 is 1.16 bits per heavy atom. The summed E-state index contributed by atoms with van der Waals surface area (Å²) < 4.78 is 0. The SMILES string of the molecule is CNC(c1c(C)cc(C(C)(C)C)cc1C)C1(N)CC1. The van der Waals surface area contributed by atoms with Gasteiger partial charge in [0, 0.05) is 5.54 Å². The molecule has 2 rings (SSSR count). The Morgan fingerprint density at radius 2 is 1.63 bits per heavy atom. The van der Waals surface area contributed by atoms with Crippen LogP contribution in [0.2, 0.25) is 0 Å². The quantitative estimate of drug-likeness (QED) is 0.874. The van der Waals surface area contributed by atoms with Gasteiger partial charge >= 0.3 is 0 Å². The Balaban J connectivity index is 2.47. The molecule has 3 N–H and O–H groups in total. The second kappa shape index (κ2) is 4.60. The van der Waals surface area contributed by atoms with Gasteiger partial charge in [-0.1, -0.05) is 32.9 Å². The van der Waals surface area contributed by atoms with Crippen LogP contribution in [0.25, 0.3) is 0 Å². The van der Waals surface area contributed by atoms with Crippen LogP contribution < -0.4 is 11.1 Å². The molecule has 0 aliphatic heterocycles. The first kappa shape index (κ1) is 14.5. The van der Waals surface area contributed by atoms with Crippen LogP contribution in [0.5, 0.6) is 0 Å². The fraction of sp³-hybridized carbons (Fsp3) is 0.647. The smallest absolute Gasteiger partial charge is 0.0505 e. The van der Waals surface area contributed by atoms with Crippen LogP contribution in [-0.4, -0.2) is 12.6 Å². The second-order valence-corrected chi connectivity index (χ2v) is 7.23. The molecule has 1 atom stereocenters. The van der Waals surface area contributed by atoms with Crippen LogP contribution >= 0.6 is 0 Å². The van der Waals surface area contributed by atoms with Crippen molar-refractivity contribution in [2.45, 2.75) is 64.5 Å². The van der Waals surface area contributed by atoms with Gasteiger partial charge in [0.05, 0.1) is 6.04 Å². The van der Waals surface area contributed by atoms with E-state index in [2.05, 4.69) is 52.1 Å². The molecule has 1 saturated carbocycles. The Bertz CT molecular complexity index is 456. The summed E-state index contributed by atoms with van der Waals surface area (Å²) in [7, 11) is 2.02. The molecule has 106 valence electrons. The van der Waals surface area contributed by atoms with E-state index >= 15 is 0 Å². The number of aryl methyl sites for hydroxylation is 2. The maximum absolute atomic E-state index is 6.43. The van der Waals surface area contributed by atoms with Gasteiger partial charge in [-0.05, 0) is 61.4 Å². The minimum atomic E-state index is -0.0342. The Labute approximate surface area is 117 Å². The molecule has 2 heteroatoms. The first-order chi connectivity index (χ1) is 8.69. The first-order valence-electron chi connectivity index (χ1n) is 7.27. The summed E-state index contributed by atoms with van der Waals surface area (Å²) in [5.74, 6) is 0. The highest BCUT2D eigenvalue weighted by atomic mass is 15.0. The van der Waals surface area contributed by atoms with E-state index in [1.165, 1.54) is 22.3 Å². The minimum Gasteiger partial charge on any atom is -0.323 e. The zero-order chi connectivity index (χ0) is 14.4. The maximum atomic E-state index is 6.43. The Morgan fingerprint density at radius 3 is 1.95 bits per heavy atom. The fourth-order valence-corrected chi connectivity index (χ4v) is 3.02. The van der Waals surface area contributed by atoms with Crippen molar-refractivity contribution in [3.63, 3.8) is 0 Å². The topological polar surface area (TPSA) is 38.0 Å². The molecule has 0 bridgehead atoms. The zero-order valence-corrected chi connectivity index (χ0v) is 13.2. The van der Waals surface area contributed by atoms with Crippen molar-refractivity contribution in [3.8, 4) is 0 Å². The monoisotopic (exact) mass is 260 g/mol. The standard InChI is InChI=1S/C17H28N2/c1-11-9-13(16(3,4)5)10-12(2)14(11)15(19-6)17(18)7-8-17/h9-10,15,19H,7-8,18H2,1-6H3. The van der Waals surface area contributed by atoms with E-state index < -0.39 is 0 Å². The third-order valence-corrected chi connectivity index (χ3v) is 4.44. The summed E-state index contributed by atoms with van der Waals surface area (Å²) in [5, 5.41) is 3.44. The lowest BCUT2D eigenvalue weighted by molar-refractivity contribution is 0.457. The molecule has 0 saturated heterocycles. The average molecular weight is 260 g/mol. The molecule has 0 amide bonds. The Kier molecular flexibility index (Phi) is 3.53. The molecular formula is C17H28N2. The van der Waals surface area contributed by atoms with E-state index in [-0.39, 0.29) is 17.0 Å². The zero-order valence-electron chi connectivity index (χ0n) is 13.2. The third-order valence-electron chi connectivity index (χ3n) is 4.44. The highest BCUT2D eigenvalue weighted by Crippen LogP contribution is 2.45. The molecule has 2 nitrogen and oxygen atoms in total. The predicted octanol–water partition coefficient (Wildman–Crippen LogP) is 3.35. The van der Waals surface area contributed by atoms with Crippen molar-refractivity contribution in [1.82, 2.24) is 5.32 Å². The number of hydrogen-bond donors (Lipinski definition) is 2. The van der Waals surface area contributed by atoms with Gasteiger partial charge in [0.2, 0.25) is 0 Å². The minimum absolute atomic E-state index is 0.0342. The number of hydrogen-bond acceptors (Lipinski definition) is 2. The van der Waals surface area contributed by atoms with Crippen LogP contribution in [-0.2, 0) is 5.41 Å². The van der Waals surface area contributed by atoms with Gasteiger partial charge in [-0.25, -0.2) is 0 Å². The summed E-state index contributed by atoms with van der Waals surface area (Å²) in [6.07, 6.45) is 2.25. The number of nitrogens with one attached hydrogen (secondary N) is 1. The summed E-state index contributed by atoms with van der Waals surface area (Å²) in [6, 6.07) is 4.94. The van der Waals surface area contributed by atoms with Gasteiger partial charge in [0.1, 0.15) is 0 Å². The summed E-state index contributed by atoms with van der Waals surface area (Å²) in [4.78, 5) is 0. The molecule has 19 heavy (non-hydrogen) atoms. The highest BCUT2D eigenvalue weighted by Gasteiger charge is 2.46. The lowest BCUT2D eigenvalue weighted by atomic mass is 9.81. The van der Waals surface area contributed by atoms with E-state index in [4.69, 9.17) is 5.73 Å². The lowest BCUT2D eigenvalue weighted by Gasteiger charge is -2.29. The summed E-state index contributed by atoms with van der Waals surface area (Å²) >= 11 is 0. The molecule has 1 unspecified atom stereocenters. The van der Waals surface area contributed by atoms with Crippen LogP contribution in [0.4, 0.5) is 0 Å². The largest absolute Gasteiger partial charge is 0.323 e. The van der Waals surface area contributed by atoms with Gasteiger partial charge in [-0.15, -0.1) is 0 Å². The van der Waals surface area contributed by atoms with E-state index in [1.54, 1.807) is 0 Å². The van der Waals surface area contributed by atoms with Crippen molar-refractivity contribution in [3.05, 3.63) is 34.4 Å². The van der Waals surface area contributed by atoms with E-state index in [0.29, 0.717) is 0 Å². The number of likely N-dealkylation sites (N-methyl/N-ethyl adjacent to an activating group) is 1. The molecule has 1 aromatic rings. The molecule has 0 heterocycles. The third kappa shape index (κ3) is 2.70. The van der Waals surface area contributed by atoms with Crippen molar-refractivity contribution >= 4 is 0 Å². The molecule has 1 aromatic carbocycles. The molecule has 0 spiro atoms. The van der Waals surface area contributed by atoms with Crippen LogP contribution in [0.15, 0.2) is 12.1 Å². The predicted molar refractivity (Wildman–Crippen MR) is 82.6 cm³/mol. The van der Waals surface area contributed by atoms with Crippen molar-refractivity contribution in [2.75, 3.05) is 7.05 Å². The maximum Gasteiger partial charge on any atom is 0.0505 e. The fourth-order valence-electron chi connectivity index (χ4n) is 3.02. The highest BCUT2D eigenvalue weighted by molar-refractivity contribution is 5.44. The molecule has 0 radical (unpaired) electrons. The summed E-state index contributed by atoms with van der Waals surface area (Å²) in [6.45, 7) is 11.2. The second-order valence-electron chi connectivity index (χ2n) is 7.23. The van der Waals surface area contributed by atoms with Gasteiger partial charge in [-0.3, -0.25) is 0 Å². The van der Waals surface area contributed by atoms with E-state index in [9.17, 15) is 0 Å². The molecule has 0 aromatic heterocycles. The van der Waals surface area contributed by atoms with Crippen molar-refractivity contribution < 1.29 is 0 Å².